The van der Waals surface area contributed by atoms with E-state index >= 15 is 0 Å². The second-order valence-corrected chi connectivity index (χ2v) is 14.7. The van der Waals surface area contributed by atoms with Crippen LogP contribution in [0.2, 0.25) is 0 Å². The van der Waals surface area contributed by atoms with Crippen molar-refractivity contribution < 1.29 is 24.6 Å². The summed E-state index contributed by atoms with van der Waals surface area (Å²) in [7, 11) is 3.32. The van der Waals surface area contributed by atoms with Crippen molar-refractivity contribution in [3.05, 3.63) is 48.0 Å². The molecule has 8 nitrogen and oxygen atoms in total. The van der Waals surface area contributed by atoms with Gasteiger partial charge >= 0.3 is 0 Å². The van der Waals surface area contributed by atoms with Crippen LogP contribution in [0.3, 0.4) is 0 Å². The Morgan fingerprint density at radius 2 is 1.52 bits per heavy atom. The summed E-state index contributed by atoms with van der Waals surface area (Å²) in [6.07, 6.45) is 6.74. The first kappa shape index (κ1) is 35.9. The molecule has 2 aromatic rings. The van der Waals surface area contributed by atoms with Crippen molar-refractivity contribution in [2.45, 2.75) is 116 Å². The number of nitrogens with zero attached hydrogens (tertiary/aromatic N) is 2. The lowest BCUT2D eigenvalue weighted by atomic mass is 9.81. The molecule has 5 atom stereocenters. The van der Waals surface area contributed by atoms with Gasteiger partial charge in [-0.1, -0.05) is 101 Å². The molecule has 2 fully saturated rings. The average molecular weight is 636 g/mol. The zero-order valence-electron chi connectivity index (χ0n) is 28.7. The predicted octanol–water partition coefficient (Wildman–Crippen LogP) is 5.85. The predicted molar refractivity (Wildman–Crippen MR) is 183 cm³/mol. The Morgan fingerprint density at radius 3 is 2.17 bits per heavy atom. The van der Waals surface area contributed by atoms with Gasteiger partial charge in [-0.2, -0.15) is 0 Å². The van der Waals surface area contributed by atoms with Crippen LogP contribution in [0.4, 0.5) is 0 Å². The molecule has 3 amide bonds. The summed E-state index contributed by atoms with van der Waals surface area (Å²) in [5.41, 5.74) is 1.02. The molecule has 0 heterocycles. The van der Waals surface area contributed by atoms with E-state index in [2.05, 4.69) is 23.5 Å². The minimum Gasteiger partial charge on any atom is -0.390 e. The van der Waals surface area contributed by atoms with Crippen molar-refractivity contribution in [1.29, 1.82) is 0 Å². The number of aliphatic hydroxyl groups excluding tert-OH is 2. The van der Waals surface area contributed by atoms with Crippen LogP contribution in [-0.2, 0) is 14.4 Å². The third-order valence-corrected chi connectivity index (χ3v) is 10.1. The summed E-state index contributed by atoms with van der Waals surface area (Å²) < 4.78 is 0. The molecule has 254 valence electrons. The molecular weight excluding hydrogens is 578 g/mol. The Morgan fingerprint density at radius 1 is 0.870 bits per heavy atom. The fourth-order valence-corrected chi connectivity index (χ4v) is 7.23. The van der Waals surface area contributed by atoms with Gasteiger partial charge in [0.2, 0.25) is 17.7 Å². The van der Waals surface area contributed by atoms with E-state index in [9.17, 15) is 24.6 Å². The summed E-state index contributed by atoms with van der Waals surface area (Å²) in [5, 5.41) is 28.1. The fourth-order valence-electron chi connectivity index (χ4n) is 7.23. The standard InChI is InChI=1S/C38H57N3O5/c1-25(2)20-34(42)37(45)33(22-27-12-7-6-8-13-27)41(24-36(44)40(4)5)38(46)30(21-28-18-19-28)23-35(43)39-26(3)31-17-11-15-29-14-9-10-16-32(29)31/h9-11,14-17,25-28,30,33-34,37,42,45H,6-8,12-13,18-24H2,1-5H3,(H,39,43)/t26-,30+,33-,34-,37+/m0/s1. The molecule has 3 N–H and O–H groups in total. The number of fused-ring (bicyclic) bond motifs is 1. The van der Waals surface area contributed by atoms with Crippen molar-refractivity contribution in [3.8, 4) is 0 Å². The topological polar surface area (TPSA) is 110 Å². The first-order valence-electron chi connectivity index (χ1n) is 17.6. The monoisotopic (exact) mass is 635 g/mol. The SMILES string of the molecule is CC(C)C[C@H](O)[C@H](O)[C@H](CC1CCCCC1)N(CC(=O)N(C)C)C(=O)[C@@H](CC(=O)N[C@@H](C)c1cccc2ccccc12)CC1CC1. The van der Waals surface area contributed by atoms with Gasteiger partial charge in [0.25, 0.3) is 0 Å². The molecule has 0 spiro atoms. The summed E-state index contributed by atoms with van der Waals surface area (Å²) >= 11 is 0. The van der Waals surface area contributed by atoms with E-state index < -0.39 is 24.2 Å². The summed E-state index contributed by atoms with van der Waals surface area (Å²) in [4.78, 5) is 44.5. The van der Waals surface area contributed by atoms with Crippen LogP contribution in [0.15, 0.2) is 42.5 Å². The van der Waals surface area contributed by atoms with Crippen LogP contribution >= 0.6 is 0 Å². The van der Waals surface area contributed by atoms with E-state index in [4.69, 9.17) is 0 Å². The van der Waals surface area contributed by atoms with E-state index in [0.717, 1.165) is 54.9 Å². The third kappa shape index (κ3) is 10.0. The van der Waals surface area contributed by atoms with Gasteiger partial charge < -0.3 is 25.3 Å². The minimum absolute atomic E-state index is 0.0118. The molecule has 2 aliphatic rings. The average Bonchev–Trinajstić information content (AvgIpc) is 3.85. The second kappa shape index (κ2) is 16.7. The van der Waals surface area contributed by atoms with Crippen LogP contribution in [0.1, 0.15) is 103 Å². The lowest BCUT2D eigenvalue weighted by molar-refractivity contribution is -0.151. The molecule has 0 saturated heterocycles. The highest BCUT2D eigenvalue weighted by Crippen LogP contribution is 2.38. The van der Waals surface area contributed by atoms with E-state index in [1.165, 1.54) is 11.3 Å². The number of amides is 3. The first-order chi connectivity index (χ1) is 21.9. The van der Waals surface area contributed by atoms with Crippen LogP contribution in [0, 0.1) is 23.7 Å². The number of benzene rings is 2. The number of likely N-dealkylation sites (N-methyl/N-ethyl adjacent to an activating group) is 1. The summed E-state index contributed by atoms with van der Waals surface area (Å²) in [6.45, 7) is 5.76. The number of aliphatic hydroxyl groups is 2. The smallest absolute Gasteiger partial charge is 0.241 e. The Bertz CT molecular complexity index is 1300. The molecule has 8 heteroatoms. The molecule has 46 heavy (non-hydrogen) atoms. The Balaban J connectivity index is 1.60. The second-order valence-electron chi connectivity index (χ2n) is 14.7. The number of nitrogens with one attached hydrogen (secondary N) is 1. The van der Waals surface area contributed by atoms with E-state index in [1.807, 2.05) is 45.0 Å². The molecule has 4 rings (SSSR count). The number of carbonyl (C=O) groups excluding carboxylic acids is 3. The zero-order chi connectivity index (χ0) is 33.4. The number of carbonyl (C=O) groups is 3. The lowest BCUT2D eigenvalue weighted by Crippen LogP contribution is -2.56. The molecule has 2 aliphatic carbocycles. The van der Waals surface area contributed by atoms with Crippen LogP contribution in [0.5, 0.6) is 0 Å². The van der Waals surface area contributed by atoms with E-state index in [1.54, 1.807) is 19.0 Å². The van der Waals surface area contributed by atoms with Gasteiger partial charge in [0, 0.05) is 26.4 Å². The Hall–Kier alpha value is -2.97. The maximum absolute atomic E-state index is 14.6. The number of rotatable bonds is 16. The van der Waals surface area contributed by atoms with Crippen LogP contribution in [0.25, 0.3) is 10.8 Å². The summed E-state index contributed by atoms with van der Waals surface area (Å²) in [6, 6.07) is 13.2. The highest BCUT2D eigenvalue weighted by molar-refractivity contribution is 5.90. The molecule has 2 saturated carbocycles. The third-order valence-electron chi connectivity index (χ3n) is 10.1. The maximum atomic E-state index is 14.6. The zero-order valence-corrected chi connectivity index (χ0v) is 28.7. The molecule has 0 unspecified atom stereocenters. The highest BCUT2D eigenvalue weighted by Gasteiger charge is 2.41. The first-order valence-corrected chi connectivity index (χ1v) is 17.6. The van der Waals surface area contributed by atoms with Crippen molar-refractivity contribution >= 4 is 28.5 Å². The number of hydrogen-bond donors (Lipinski definition) is 3. The molecule has 0 radical (unpaired) electrons. The van der Waals surface area contributed by atoms with E-state index in [0.29, 0.717) is 31.1 Å². The minimum atomic E-state index is -1.19. The quantitative estimate of drug-likeness (QED) is 0.215. The molecular formula is C38H57N3O5. The van der Waals surface area contributed by atoms with Gasteiger partial charge in [0.15, 0.2) is 0 Å². The maximum Gasteiger partial charge on any atom is 0.241 e. The normalized spacial score (nSPS) is 18.9. The highest BCUT2D eigenvalue weighted by atomic mass is 16.3. The van der Waals surface area contributed by atoms with Crippen LogP contribution < -0.4 is 5.32 Å². The van der Waals surface area contributed by atoms with Crippen LogP contribution in [-0.4, -0.2) is 76.6 Å². The lowest BCUT2D eigenvalue weighted by Gasteiger charge is -2.41. The molecule has 0 aromatic heterocycles. The van der Waals surface area contributed by atoms with Gasteiger partial charge in [-0.25, -0.2) is 0 Å². The van der Waals surface area contributed by atoms with Crippen molar-refractivity contribution in [1.82, 2.24) is 15.1 Å². The summed E-state index contributed by atoms with van der Waals surface area (Å²) in [5.74, 6) is -0.512. The van der Waals surface area contributed by atoms with Gasteiger partial charge in [-0.05, 0) is 60.3 Å². The Labute approximate surface area is 275 Å². The van der Waals surface area contributed by atoms with Gasteiger partial charge in [0.1, 0.15) is 12.6 Å². The largest absolute Gasteiger partial charge is 0.390 e. The molecule has 2 aromatic carbocycles. The van der Waals surface area contributed by atoms with Crippen molar-refractivity contribution in [2.75, 3.05) is 20.6 Å². The molecule has 0 aliphatic heterocycles. The van der Waals surface area contributed by atoms with Gasteiger partial charge in [0.05, 0.1) is 18.2 Å². The van der Waals surface area contributed by atoms with Crippen molar-refractivity contribution in [3.63, 3.8) is 0 Å². The Kier molecular flexibility index (Phi) is 13.0. The van der Waals surface area contributed by atoms with E-state index in [-0.39, 0.29) is 42.6 Å². The number of hydrogen-bond acceptors (Lipinski definition) is 5. The molecule has 0 bridgehead atoms. The van der Waals surface area contributed by atoms with Gasteiger partial charge in [-0.3, -0.25) is 14.4 Å². The van der Waals surface area contributed by atoms with Gasteiger partial charge in [-0.15, -0.1) is 0 Å². The van der Waals surface area contributed by atoms with Crippen molar-refractivity contribution in [2.24, 2.45) is 23.7 Å². The fraction of sp³-hybridized carbons (Fsp3) is 0.658.